The lowest BCUT2D eigenvalue weighted by atomic mass is 9.94. The number of nitrogens with zero attached hydrogens (tertiary/aromatic N) is 2. The van der Waals surface area contributed by atoms with Crippen LogP contribution >= 0.6 is 0 Å². The highest BCUT2D eigenvalue weighted by Crippen LogP contribution is 2.22. The molecule has 1 heterocycles. The number of aryl methyl sites for hydroxylation is 1. The molecule has 0 atom stereocenters. The summed E-state index contributed by atoms with van der Waals surface area (Å²) >= 11 is 0. The molecule has 0 radical (unpaired) electrons. The summed E-state index contributed by atoms with van der Waals surface area (Å²) in [4.78, 5) is 20.8. The van der Waals surface area contributed by atoms with Crippen LogP contribution in [0.15, 0.2) is 6.33 Å². The Morgan fingerprint density at radius 3 is 2.72 bits per heavy atom. The molecule has 1 N–H and O–H groups in total. The predicted octanol–water partition coefficient (Wildman–Crippen LogP) is 2.03. The van der Waals surface area contributed by atoms with Crippen molar-refractivity contribution in [3.8, 4) is 0 Å². The fraction of sp³-hybridized carbons (Fsp3) is 0.643. The van der Waals surface area contributed by atoms with Gasteiger partial charge in [-0.2, -0.15) is 0 Å². The van der Waals surface area contributed by atoms with E-state index in [9.17, 15) is 4.79 Å². The smallest absolute Gasteiger partial charge is 0.270 e. The highest BCUT2D eigenvalue weighted by atomic mass is 16.1. The molecule has 1 saturated carbocycles. The molecule has 18 heavy (non-hydrogen) atoms. The monoisotopic (exact) mass is 245 g/mol. The van der Waals surface area contributed by atoms with Crippen LogP contribution in [0.25, 0.3) is 0 Å². The van der Waals surface area contributed by atoms with Crippen molar-refractivity contribution in [3.63, 3.8) is 0 Å². The first-order valence-electron chi connectivity index (χ1n) is 6.98. The molecule has 1 aromatic heterocycles. The normalized spacial score (nSPS) is 19.6. The Labute approximate surface area is 107 Å². The SMILES string of the molecule is O=C(NC1CCCC1)c1ncnc2c1CCCC2. The molecule has 0 bridgehead atoms. The van der Waals surface area contributed by atoms with Crippen molar-refractivity contribution in [1.82, 2.24) is 15.3 Å². The maximum Gasteiger partial charge on any atom is 0.270 e. The molecule has 0 unspecified atom stereocenters. The maximum absolute atomic E-state index is 12.3. The molecule has 2 aliphatic rings. The second kappa shape index (κ2) is 5.04. The zero-order valence-electron chi connectivity index (χ0n) is 10.6. The fourth-order valence-corrected chi connectivity index (χ4v) is 3.04. The topological polar surface area (TPSA) is 54.9 Å². The van der Waals surface area contributed by atoms with E-state index in [1.807, 2.05) is 0 Å². The molecule has 4 nitrogen and oxygen atoms in total. The van der Waals surface area contributed by atoms with Gasteiger partial charge in [-0.1, -0.05) is 12.8 Å². The highest BCUT2D eigenvalue weighted by Gasteiger charge is 2.23. The summed E-state index contributed by atoms with van der Waals surface area (Å²) in [5.74, 6) is 0.00227. The Bertz CT molecular complexity index is 452. The van der Waals surface area contributed by atoms with Gasteiger partial charge in [-0.05, 0) is 38.5 Å². The largest absolute Gasteiger partial charge is 0.348 e. The van der Waals surface area contributed by atoms with E-state index in [2.05, 4.69) is 15.3 Å². The van der Waals surface area contributed by atoms with E-state index in [0.717, 1.165) is 43.4 Å². The van der Waals surface area contributed by atoms with Crippen molar-refractivity contribution in [2.75, 3.05) is 0 Å². The van der Waals surface area contributed by atoms with Crippen molar-refractivity contribution < 1.29 is 4.79 Å². The molecule has 0 aliphatic heterocycles. The molecule has 1 amide bonds. The Kier molecular flexibility index (Phi) is 3.26. The van der Waals surface area contributed by atoms with E-state index in [0.29, 0.717) is 11.7 Å². The van der Waals surface area contributed by atoms with Gasteiger partial charge < -0.3 is 5.32 Å². The minimum Gasteiger partial charge on any atom is -0.348 e. The molecule has 1 fully saturated rings. The summed E-state index contributed by atoms with van der Waals surface area (Å²) in [6, 6.07) is 0.353. The molecule has 1 aromatic rings. The van der Waals surface area contributed by atoms with Crippen molar-refractivity contribution >= 4 is 5.91 Å². The predicted molar refractivity (Wildman–Crippen MR) is 68.4 cm³/mol. The van der Waals surface area contributed by atoms with E-state index < -0.39 is 0 Å². The van der Waals surface area contributed by atoms with Crippen molar-refractivity contribution in [1.29, 1.82) is 0 Å². The van der Waals surface area contributed by atoms with Crippen LogP contribution in [-0.2, 0) is 12.8 Å². The molecule has 0 aromatic carbocycles. The lowest BCUT2D eigenvalue weighted by Crippen LogP contribution is -2.34. The van der Waals surface area contributed by atoms with Crippen LogP contribution in [0.2, 0.25) is 0 Å². The van der Waals surface area contributed by atoms with Gasteiger partial charge in [0.05, 0.1) is 0 Å². The third-order valence-corrected chi connectivity index (χ3v) is 4.03. The Morgan fingerprint density at radius 1 is 1.11 bits per heavy atom. The number of hydrogen-bond donors (Lipinski definition) is 1. The maximum atomic E-state index is 12.3. The molecular weight excluding hydrogens is 226 g/mol. The zero-order valence-corrected chi connectivity index (χ0v) is 10.6. The van der Waals surface area contributed by atoms with E-state index in [-0.39, 0.29) is 5.91 Å². The lowest BCUT2D eigenvalue weighted by molar-refractivity contribution is 0.0931. The van der Waals surface area contributed by atoms with Gasteiger partial charge in [0.15, 0.2) is 0 Å². The molecule has 4 heteroatoms. The molecular formula is C14H19N3O. The van der Waals surface area contributed by atoms with E-state index >= 15 is 0 Å². The summed E-state index contributed by atoms with van der Waals surface area (Å²) in [5.41, 5.74) is 2.78. The first-order valence-corrected chi connectivity index (χ1v) is 6.98. The quantitative estimate of drug-likeness (QED) is 0.867. The average molecular weight is 245 g/mol. The number of aromatic nitrogens is 2. The van der Waals surface area contributed by atoms with Crippen LogP contribution in [0.1, 0.15) is 60.3 Å². The van der Waals surface area contributed by atoms with Crippen LogP contribution in [-0.4, -0.2) is 21.9 Å². The Morgan fingerprint density at radius 2 is 1.89 bits per heavy atom. The number of amides is 1. The van der Waals surface area contributed by atoms with Gasteiger partial charge in [-0.15, -0.1) is 0 Å². The highest BCUT2D eigenvalue weighted by molar-refractivity contribution is 5.94. The average Bonchev–Trinajstić information content (AvgIpc) is 2.91. The number of nitrogens with one attached hydrogen (secondary N) is 1. The number of fused-ring (bicyclic) bond motifs is 1. The summed E-state index contributed by atoms with van der Waals surface area (Å²) in [7, 11) is 0. The fourth-order valence-electron chi connectivity index (χ4n) is 3.04. The summed E-state index contributed by atoms with van der Waals surface area (Å²) in [5, 5.41) is 3.12. The van der Waals surface area contributed by atoms with E-state index in [1.165, 1.54) is 25.6 Å². The van der Waals surface area contributed by atoms with Gasteiger partial charge in [0.25, 0.3) is 5.91 Å². The van der Waals surface area contributed by atoms with Gasteiger partial charge in [0.1, 0.15) is 12.0 Å². The van der Waals surface area contributed by atoms with E-state index in [4.69, 9.17) is 0 Å². The zero-order chi connectivity index (χ0) is 12.4. The van der Waals surface area contributed by atoms with Gasteiger partial charge in [0.2, 0.25) is 0 Å². The van der Waals surface area contributed by atoms with Crippen LogP contribution in [0.3, 0.4) is 0 Å². The van der Waals surface area contributed by atoms with Gasteiger partial charge >= 0.3 is 0 Å². The minimum absolute atomic E-state index is 0.00227. The number of carbonyl (C=O) groups excluding carboxylic acids is 1. The van der Waals surface area contributed by atoms with E-state index in [1.54, 1.807) is 0 Å². The second-order valence-electron chi connectivity index (χ2n) is 5.31. The third-order valence-electron chi connectivity index (χ3n) is 4.03. The van der Waals surface area contributed by atoms with Gasteiger partial charge in [0, 0.05) is 17.3 Å². The van der Waals surface area contributed by atoms with Crippen molar-refractivity contribution in [3.05, 3.63) is 23.3 Å². The first-order chi connectivity index (χ1) is 8.84. The van der Waals surface area contributed by atoms with Gasteiger partial charge in [-0.3, -0.25) is 4.79 Å². The number of rotatable bonds is 2. The first kappa shape index (κ1) is 11.6. The molecule has 0 saturated heterocycles. The van der Waals surface area contributed by atoms with Gasteiger partial charge in [-0.25, -0.2) is 9.97 Å². The Hall–Kier alpha value is -1.45. The molecule has 3 rings (SSSR count). The summed E-state index contributed by atoms with van der Waals surface area (Å²) in [6.07, 6.45) is 10.5. The number of hydrogen-bond acceptors (Lipinski definition) is 3. The molecule has 2 aliphatic carbocycles. The Balaban J connectivity index is 1.80. The van der Waals surface area contributed by atoms with Crippen LogP contribution in [0.5, 0.6) is 0 Å². The summed E-state index contributed by atoms with van der Waals surface area (Å²) in [6.45, 7) is 0. The van der Waals surface area contributed by atoms with Crippen LogP contribution < -0.4 is 5.32 Å². The number of carbonyl (C=O) groups is 1. The molecule has 96 valence electrons. The van der Waals surface area contributed by atoms with Crippen molar-refractivity contribution in [2.24, 2.45) is 0 Å². The standard InChI is InChI=1S/C14H19N3O/c18-14(17-10-5-1-2-6-10)13-11-7-3-4-8-12(11)15-9-16-13/h9-10H,1-8H2,(H,17,18). The molecule has 0 spiro atoms. The summed E-state index contributed by atoms with van der Waals surface area (Å²) < 4.78 is 0. The third kappa shape index (κ3) is 2.24. The van der Waals surface area contributed by atoms with Crippen molar-refractivity contribution in [2.45, 2.75) is 57.4 Å². The second-order valence-corrected chi connectivity index (χ2v) is 5.31. The minimum atomic E-state index is 0.00227. The van der Waals surface area contributed by atoms with Crippen LogP contribution in [0.4, 0.5) is 0 Å². The lowest BCUT2D eigenvalue weighted by Gasteiger charge is -2.18. The van der Waals surface area contributed by atoms with Crippen LogP contribution in [0, 0.1) is 0 Å².